The van der Waals surface area contributed by atoms with Crippen LogP contribution in [0.25, 0.3) is 0 Å². The van der Waals surface area contributed by atoms with Crippen LogP contribution in [0.2, 0.25) is 0 Å². The second kappa shape index (κ2) is 12.1. The van der Waals surface area contributed by atoms with E-state index in [2.05, 4.69) is 72.8 Å². The zero-order valence-corrected chi connectivity index (χ0v) is 24.5. The van der Waals surface area contributed by atoms with Crippen molar-refractivity contribution in [3.8, 4) is 17.2 Å². The van der Waals surface area contributed by atoms with Crippen molar-refractivity contribution >= 4 is 31.5 Å². The molecule has 5 heteroatoms. The summed E-state index contributed by atoms with van der Waals surface area (Å²) < 4.78 is 22.3. The van der Waals surface area contributed by atoms with E-state index in [1.54, 1.807) is 0 Å². The van der Waals surface area contributed by atoms with Gasteiger partial charge in [0.1, 0.15) is 17.2 Å². The molecule has 0 aliphatic rings. The summed E-state index contributed by atoms with van der Waals surface area (Å²) in [7, 11) is -7.16. The molecule has 6 aromatic carbocycles. The Hall–Kier alpha value is -4.85. The summed E-state index contributed by atoms with van der Waals surface area (Å²) in [5, 5.41) is 3.12. The smallest absolute Gasteiger partial charge is 0.525 e. The Morgan fingerprint density at radius 2 is 0.537 bits per heavy atom. The van der Waals surface area contributed by atoms with Crippen LogP contribution < -0.4 is 28.8 Å². The number of para-hydroxylation sites is 3. The zero-order chi connectivity index (χ0) is 27.8. The Labute approximate surface area is 243 Å². The van der Waals surface area contributed by atoms with Crippen molar-refractivity contribution in [3.63, 3.8) is 0 Å². The number of hydrogen-bond acceptors (Lipinski definition) is 3. The Morgan fingerprint density at radius 1 is 0.268 bits per heavy atom. The molecule has 0 atom stereocenters. The minimum atomic E-state index is -3.68. The van der Waals surface area contributed by atoms with Crippen molar-refractivity contribution in [3.05, 3.63) is 182 Å². The predicted molar refractivity (Wildman–Crippen MR) is 171 cm³/mol. The molecule has 0 heterocycles. The lowest BCUT2D eigenvalue weighted by molar-refractivity contribution is 0.410. The average molecular weight is 567 g/mol. The van der Waals surface area contributed by atoms with Gasteiger partial charge in [0.15, 0.2) is 0 Å². The van der Waals surface area contributed by atoms with E-state index in [-0.39, 0.29) is 0 Å². The van der Waals surface area contributed by atoms with Gasteiger partial charge in [-0.3, -0.25) is 0 Å². The molecule has 6 aromatic rings. The lowest BCUT2D eigenvalue weighted by atomic mass is 10.3. The first-order valence-corrected chi connectivity index (χ1v) is 18.4. The Balaban J connectivity index is 1.76. The number of benzene rings is 6. The van der Waals surface area contributed by atoms with E-state index >= 15 is 0 Å². The first-order chi connectivity index (χ1) is 20.3. The monoisotopic (exact) mass is 566 g/mol. The standard InChI is InChI=1S/C36H30O3Si2/c1-7-19-31(20-8-1)37-40(34-25-13-4-14-26-34,35-27-15-5-16-28-35)41(36-29-17-6-18-30-36,38-32-21-9-2-10-22-32)39-33-23-11-3-12-24-33/h1-30H. The second-order valence-electron chi connectivity index (χ2n) is 9.64. The third-order valence-corrected chi connectivity index (χ3v) is 19.2. The summed E-state index contributed by atoms with van der Waals surface area (Å²) >= 11 is 0. The predicted octanol–water partition coefficient (Wildman–Crippen LogP) is 6.41. The van der Waals surface area contributed by atoms with Gasteiger partial charge in [-0.1, -0.05) is 146 Å². The molecule has 0 aliphatic carbocycles. The number of hydrogen-bond donors (Lipinski definition) is 0. The van der Waals surface area contributed by atoms with Crippen molar-refractivity contribution in [1.29, 1.82) is 0 Å². The van der Waals surface area contributed by atoms with Gasteiger partial charge in [0.05, 0.1) is 0 Å². The maximum Gasteiger partial charge on any atom is 0.525 e. The molecule has 0 aliphatic heterocycles. The molecular formula is C36H30O3Si2. The van der Waals surface area contributed by atoms with E-state index in [0.717, 1.165) is 32.8 Å². The van der Waals surface area contributed by atoms with Crippen LogP contribution in [0.1, 0.15) is 0 Å². The molecule has 0 unspecified atom stereocenters. The third kappa shape index (κ3) is 5.33. The van der Waals surface area contributed by atoms with Crippen LogP contribution in [-0.2, 0) is 0 Å². The SMILES string of the molecule is c1ccc(O[Si](Oc2ccccc2)(c2ccccc2)[Si](Oc2ccccc2)(c2ccccc2)c2ccccc2)cc1. The van der Waals surface area contributed by atoms with E-state index in [4.69, 9.17) is 13.3 Å². The first-order valence-electron chi connectivity index (χ1n) is 13.7. The van der Waals surface area contributed by atoms with Gasteiger partial charge in [-0.15, -0.1) is 0 Å². The zero-order valence-electron chi connectivity index (χ0n) is 22.5. The highest BCUT2D eigenvalue weighted by atomic mass is 29.3. The van der Waals surface area contributed by atoms with E-state index in [1.165, 1.54) is 0 Å². The van der Waals surface area contributed by atoms with Crippen molar-refractivity contribution < 1.29 is 13.3 Å². The van der Waals surface area contributed by atoms with Crippen molar-refractivity contribution in [1.82, 2.24) is 0 Å². The minimum absolute atomic E-state index is 0.736. The molecule has 0 bridgehead atoms. The molecule has 0 fully saturated rings. The van der Waals surface area contributed by atoms with Gasteiger partial charge in [0, 0.05) is 5.19 Å². The quantitative estimate of drug-likeness (QED) is 0.179. The second-order valence-corrected chi connectivity index (χ2v) is 18.7. The van der Waals surface area contributed by atoms with E-state index in [9.17, 15) is 0 Å². The fourth-order valence-corrected chi connectivity index (χ4v) is 18.3. The highest BCUT2D eigenvalue weighted by Crippen LogP contribution is 2.30. The topological polar surface area (TPSA) is 27.7 Å². The summed E-state index contributed by atoms with van der Waals surface area (Å²) in [5.74, 6) is 2.24. The molecule has 0 saturated heterocycles. The van der Waals surface area contributed by atoms with Crippen LogP contribution in [0.5, 0.6) is 17.2 Å². The van der Waals surface area contributed by atoms with Crippen LogP contribution in [0.3, 0.4) is 0 Å². The molecule has 0 amide bonds. The molecule has 0 spiro atoms. The van der Waals surface area contributed by atoms with Gasteiger partial charge in [-0.25, -0.2) is 0 Å². The van der Waals surface area contributed by atoms with Crippen LogP contribution in [0.15, 0.2) is 182 Å². The van der Waals surface area contributed by atoms with Crippen molar-refractivity contribution in [2.45, 2.75) is 0 Å². The van der Waals surface area contributed by atoms with Crippen LogP contribution >= 0.6 is 0 Å². The Kier molecular flexibility index (Phi) is 7.80. The van der Waals surface area contributed by atoms with Gasteiger partial charge in [0.25, 0.3) is 0 Å². The van der Waals surface area contributed by atoms with E-state index in [0.29, 0.717) is 0 Å². The molecule has 41 heavy (non-hydrogen) atoms. The van der Waals surface area contributed by atoms with Crippen molar-refractivity contribution in [2.24, 2.45) is 0 Å². The summed E-state index contributed by atoms with van der Waals surface area (Å²) in [5.41, 5.74) is 0. The summed E-state index contributed by atoms with van der Waals surface area (Å²) in [4.78, 5) is 0. The average Bonchev–Trinajstić information content (AvgIpc) is 3.06. The first kappa shape index (κ1) is 26.4. The third-order valence-electron chi connectivity index (χ3n) is 7.00. The molecule has 200 valence electrons. The van der Waals surface area contributed by atoms with E-state index in [1.807, 2.05) is 109 Å². The fraction of sp³-hybridized carbons (Fsp3) is 0. The lowest BCUT2D eigenvalue weighted by Gasteiger charge is -2.44. The van der Waals surface area contributed by atoms with E-state index < -0.39 is 15.9 Å². The van der Waals surface area contributed by atoms with Gasteiger partial charge in [-0.05, 0) is 46.8 Å². The van der Waals surface area contributed by atoms with Crippen LogP contribution in [0, 0.1) is 0 Å². The maximum absolute atomic E-state index is 7.49. The molecular weight excluding hydrogens is 537 g/mol. The highest BCUT2D eigenvalue weighted by molar-refractivity contribution is 7.49. The summed E-state index contributed by atoms with van der Waals surface area (Å²) in [6, 6.07) is 61.4. The molecule has 0 radical (unpaired) electrons. The van der Waals surface area contributed by atoms with Crippen LogP contribution in [-0.4, -0.2) is 15.9 Å². The molecule has 6 rings (SSSR count). The summed E-state index contributed by atoms with van der Waals surface area (Å²) in [6.07, 6.45) is 0. The maximum atomic E-state index is 7.49. The van der Waals surface area contributed by atoms with Gasteiger partial charge >= 0.3 is 15.9 Å². The van der Waals surface area contributed by atoms with Gasteiger partial charge in [0.2, 0.25) is 0 Å². The van der Waals surface area contributed by atoms with Gasteiger partial charge in [-0.2, -0.15) is 0 Å². The molecule has 0 aromatic heterocycles. The molecule has 0 saturated carbocycles. The van der Waals surface area contributed by atoms with Gasteiger partial charge < -0.3 is 13.3 Å². The van der Waals surface area contributed by atoms with Crippen molar-refractivity contribution in [2.75, 3.05) is 0 Å². The molecule has 0 N–H and O–H groups in total. The Bertz CT molecular complexity index is 1550. The minimum Gasteiger partial charge on any atom is -0.530 e. The number of rotatable bonds is 10. The van der Waals surface area contributed by atoms with Crippen LogP contribution in [0.4, 0.5) is 0 Å². The highest BCUT2D eigenvalue weighted by Gasteiger charge is 2.71. The normalized spacial score (nSPS) is 11.4. The Morgan fingerprint density at radius 3 is 0.878 bits per heavy atom. The fourth-order valence-electron chi connectivity index (χ4n) is 5.20. The lowest BCUT2D eigenvalue weighted by Crippen LogP contribution is -2.89. The largest absolute Gasteiger partial charge is 0.530 e. The molecule has 3 nitrogen and oxygen atoms in total. The summed E-state index contributed by atoms with van der Waals surface area (Å²) in [6.45, 7) is 0.